The van der Waals surface area contributed by atoms with Crippen molar-refractivity contribution in [3.63, 3.8) is 0 Å². The molecule has 0 amide bonds. The molecule has 0 unspecified atom stereocenters. The Hall–Kier alpha value is -0.570. The van der Waals surface area contributed by atoms with E-state index in [4.69, 9.17) is 16.7 Å². The molecule has 0 saturated carbocycles. The summed E-state index contributed by atoms with van der Waals surface area (Å²) in [5, 5.41) is 9.50. The Morgan fingerprint density at radius 2 is 1.92 bits per heavy atom. The second-order valence-corrected chi connectivity index (χ2v) is 3.32. The van der Waals surface area contributed by atoms with Crippen LogP contribution in [0.25, 0.3) is 0 Å². The SMILES string of the molecule is [NH3+][C@H](CO)Cc1ccc(Cl)cc1. The molecule has 0 radical (unpaired) electrons. The van der Waals surface area contributed by atoms with Crippen molar-refractivity contribution >= 4 is 11.6 Å². The van der Waals surface area contributed by atoms with E-state index in [2.05, 4.69) is 5.73 Å². The lowest BCUT2D eigenvalue weighted by atomic mass is 10.1. The van der Waals surface area contributed by atoms with E-state index < -0.39 is 0 Å². The van der Waals surface area contributed by atoms with Crippen LogP contribution >= 0.6 is 11.6 Å². The maximum absolute atomic E-state index is 8.76. The van der Waals surface area contributed by atoms with Crippen LogP contribution in [-0.4, -0.2) is 17.8 Å². The zero-order valence-corrected chi connectivity index (χ0v) is 7.59. The molecule has 1 atom stereocenters. The Balaban J connectivity index is 2.58. The van der Waals surface area contributed by atoms with Crippen LogP contribution in [0.2, 0.25) is 5.02 Å². The summed E-state index contributed by atoms with van der Waals surface area (Å²) in [6.45, 7) is 0.128. The quantitative estimate of drug-likeness (QED) is 0.709. The van der Waals surface area contributed by atoms with Gasteiger partial charge in [0, 0.05) is 11.4 Å². The van der Waals surface area contributed by atoms with Crippen LogP contribution in [-0.2, 0) is 6.42 Å². The van der Waals surface area contributed by atoms with Crippen molar-refractivity contribution < 1.29 is 10.8 Å². The number of quaternary nitrogens is 1. The van der Waals surface area contributed by atoms with Crippen LogP contribution in [0.5, 0.6) is 0 Å². The first-order valence-electron chi connectivity index (χ1n) is 3.90. The molecule has 0 aliphatic rings. The van der Waals surface area contributed by atoms with Crippen LogP contribution in [0, 0.1) is 0 Å². The highest BCUT2D eigenvalue weighted by Gasteiger charge is 2.04. The summed E-state index contributed by atoms with van der Waals surface area (Å²) in [4.78, 5) is 0. The molecule has 0 spiro atoms. The average molecular weight is 187 g/mol. The second kappa shape index (κ2) is 4.45. The molecule has 1 aromatic rings. The molecule has 1 rings (SSSR count). The van der Waals surface area contributed by atoms with Gasteiger partial charge in [-0.15, -0.1) is 0 Å². The lowest BCUT2D eigenvalue weighted by Crippen LogP contribution is -2.63. The molecule has 3 heteroatoms. The van der Waals surface area contributed by atoms with E-state index in [0.29, 0.717) is 0 Å². The Morgan fingerprint density at radius 1 is 1.33 bits per heavy atom. The monoisotopic (exact) mass is 186 g/mol. The van der Waals surface area contributed by atoms with E-state index in [0.717, 1.165) is 17.0 Å². The molecule has 4 N–H and O–H groups in total. The van der Waals surface area contributed by atoms with E-state index >= 15 is 0 Å². The number of hydrogen-bond donors (Lipinski definition) is 2. The second-order valence-electron chi connectivity index (χ2n) is 2.88. The molecule has 0 aliphatic heterocycles. The summed E-state index contributed by atoms with van der Waals surface area (Å²) in [5.74, 6) is 0. The molecular formula is C9H13ClNO+. The third-order valence-corrected chi connectivity index (χ3v) is 1.95. The Kier molecular flexibility index (Phi) is 3.53. The van der Waals surface area contributed by atoms with Crippen molar-refractivity contribution in [2.45, 2.75) is 12.5 Å². The van der Waals surface area contributed by atoms with Crippen molar-refractivity contribution in [3.8, 4) is 0 Å². The standard InChI is InChI=1S/C9H12ClNO/c10-8-3-1-7(2-4-8)5-9(11)6-12/h1-4,9,12H,5-6,11H2/p+1/t9-/m0/s1. The fourth-order valence-corrected chi connectivity index (χ4v) is 1.14. The Labute approximate surface area is 77.0 Å². The first kappa shape index (κ1) is 9.52. The van der Waals surface area contributed by atoms with Gasteiger partial charge in [0.25, 0.3) is 0 Å². The summed E-state index contributed by atoms with van der Waals surface area (Å²) in [7, 11) is 0. The maximum Gasteiger partial charge on any atom is 0.112 e. The summed E-state index contributed by atoms with van der Waals surface area (Å²) in [6, 6.07) is 7.68. The summed E-state index contributed by atoms with van der Waals surface area (Å²) in [5.41, 5.74) is 4.95. The number of rotatable bonds is 3. The van der Waals surface area contributed by atoms with Gasteiger partial charge in [0.1, 0.15) is 6.04 Å². The van der Waals surface area contributed by atoms with Crippen molar-refractivity contribution in [1.29, 1.82) is 0 Å². The minimum absolute atomic E-state index is 0.0752. The van der Waals surface area contributed by atoms with E-state index in [1.807, 2.05) is 24.3 Å². The minimum Gasteiger partial charge on any atom is -0.390 e. The number of benzene rings is 1. The van der Waals surface area contributed by atoms with Crippen LogP contribution in [0.15, 0.2) is 24.3 Å². The van der Waals surface area contributed by atoms with Gasteiger partial charge in [0.15, 0.2) is 0 Å². The topological polar surface area (TPSA) is 47.9 Å². The smallest absolute Gasteiger partial charge is 0.112 e. The van der Waals surface area contributed by atoms with Crippen molar-refractivity contribution in [2.75, 3.05) is 6.61 Å². The van der Waals surface area contributed by atoms with Crippen LogP contribution in [0.1, 0.15) is 5.56 Å². The number of hydrogen-bond acceptors (Lipinski definition) is 1. The number of halogens is 1. The molecule has 0 fully saturated rings. The predicted octanol–water partition coefficient (Wildman–Crippen LogP) is 0.485. The molecule has 0 saturated heterocycles. The van der Waals surface area contributed by atoms with E-state index in [9.17, 15) is 0 Å². The number of aliphatic hydroxyl groups excluding tert-OH is 1. The molecule has 1 aromatic carbocycles. The van der Waals surface area contributed by atoms with E-state index in [-0.39, 0.29) is 12.6 Å². The highest BCUT2D eigenvalue weighted by Crippen LogP contribution is 2.10. The first-order valence-corrected chi connectivity index (χ1v) is 4.28. The zero-order chi connectivity index (χ0) is 8.97. The van der Waals surface area contributed by atoms with Gasteiger partial charge in [-0.3, -0.25) is 0 Å². The molecule has 2 nitrogen and oxygen atoms in total. The lowest BCUT2D eigenvalue weighted by molar-refractivity contribution is -0.424. The van der Waals surface area contributed by atoms with E-state index in [1.54, 1.807) is 0 Å². The zero-order valence-electron chi connectivity index (χ0n) is 6.83. The van der Waals surface area contributed by atoms with Crippen LogP contribution < -0.4 is 5.73 Å². The van der Waals surface area contributed by atoms with Gasteiger partial charge in [-0.05, 0) is 17.7 Å². The summed E-state index contributed by atoms with van der Waals surface area (Å²) in [6.07, 6.45) is 0.799. The molecule has 0 aliphatic carbocycles. The fourth-order valence-electron chi connectivity index (χ4n) is 1.02. The Bertz CT molecular complexity index is 235. The van der Waals surface area contributed by atoms with E-state index in [1.165, 1.54) is 0 Å². The van der Waals surface area contributed by atoms with Crippen LogP contribution in [0.4, 0.5) is 0 Å². The molecule has 0 bridgehead atoms. The van der Waals surface area contributed by atoms with Gasteiger partial charge in [0.2, 0.25) is 0 Å². The molecular weight excluding hydrogens is 174 g/mol. The molecule has 66 valence electrons. The highest BCUT2D eigenvalue weighted by atomic mass is 35.5. The normalized spacial score (nSPS) is 12.9. The molecule has 0 aromatic heterocycles. The van der Waals surface area contributed by atoms with Crippen LogP contribution in [0.3, 0.4) is 0 Å². The average Bonchev–Trinajstić information content (AvgIpc) is 2.09. The largest absolute Gasteiger partial charge is 0.390 e. The van der Waals surface area contributed by atoms with Crippen molar-refractivity contribution in [3.05, 3.63) is 34.9 Å². The maximum atomic E-state index is 8.76. The van der Waals surface area contributed by atoms with Gasteiger partial charge >= 0.3 is 0 Å². The predicted molar refractivity (Wildman–Crippen MR) is 48.9 cm³/mol. The minimum atomic E-state index is 0.0752. The summed E-state index contributed by atoms with van der Waals surface area (Å²) >= 11 is 5.72. The van der Waals surface area contributed by atoms with Gasteiger partial charge in [-0.25, -0.2) is 0 Å². The molecule has 12 heavy (non-hydrogen) atoms. The van der Waals surface area contributed by atoms with Gasteiger partial charge in [-0.2, -0.15) is 0 Å². The first-order chi connectivity index (χ1) is 5.72. The third kappa shape index (κ3) is 2.81. The van der Waals surface area contributed by atoms with Crippen molar-refractivity contribution in [1.82, 2.24) is 0 Å². The number of aliphatic hydroxyl groups is 1. The highest BCUT2D eigenvalue weighted by molar-refractivity contribution is 6.30. The van der Waals surface area contributed by atoms with Gasteiger partial charge < -0.3 is 10.8 Å². The van der Waals surface area contributed by atoms with Crippen molar-refractivity contribution in [2.24, 2.45) is 0 Å². The third-order valence-electron chi connectivity index (χ3n) is 1.70. The lowest BCUT2D eigenvalue weighted by Gasteiger charge is -2.04. The Morgan fingerprint density at radius 3 is 2.42 bits per heavy atom. The van der Waals surface area contributed by atoms with Gasteiger partial charge in [-0.1, -0.05) is 23.7 Å². The summed E-state index contributed by atoms with van der Waals surface area (Å²) < 4.78 is 0. The fraction of sp³-hybridized carbons (Fsp3) is 0.333. The van der Waals surface area contributed by atoms with Gasteiger partial charge in [0.05, 0.1) is 6.61 Å². The molecule has 0 heterocycles.